The molecule has 1 aromatic rings. The summed E-state index contributed by atoms with van der Waals surface area (Å²) in [6.07, 6.45) is 3.98. The summed E-state index contributed by atoms with van der Waals surface area (Å²) in [7, 11) is 1.59. The lowest BCUT2D eigenvalue weighted by atomic mass is 9.85. The number of benzene rings is 1. The number of methoxy groups -OCH3 is 1. The molecule has 2 heterocycles. The molecule has 7 nitrogen and oxygen atoms in total. The third kappa shape index (κ3) is 3.94. The van der Waals surface area contributed by atoms with Crippen molar-refractivity contribution in [1.29, 1.82) is 0 Å². The van der Waals surface area contributed by atoms with Gasteiger partial charge in [-0.3, -0.25) is 4.79 Å². The van der Waals surface area contributed by atoms with E-state index in [1.54, 1.807) is 40.0 Å². The van der Waals surface area contributed by atoms with E-state index in [9.17, 15) is 14.7 Å². The number of carbonyl (C=O) groups is 2. The number of Topliss-reactive ketones (excluding diaryl/α,β-unsaturated/α-hetero) is 1. The van der Waals surface area contributed by atoms with Crippen LogP contribution < -0.4 is 14.2 Å². The van der Waals surface area contributed by atoms with Gasteiger partial charge in [0, 0.05) is 30.9 Å². The maximum Gasteiger partial charge on any atom is 0.374 e. The lowest BCUT2D eigenvalue weighted by Gasteiger charge is -2.26. The fraction of sp³-hybridized carbons (Fsp3) is 0.500. The van der Waals surface area contributed by atoms with E-state index < -0.39 is 17.7 Å². The van der Waals surface area contributed by atoms with Gasteiger partial charge in [0.2, 0.25) is 5.76 Å². The van der Waals surface area contributed by atoms with Gasteiger partial charge in [-0.05, 0) is 45.3 Å². The van der Waals surface area contributed by atoms with Crippen molar-refractivity contribution in [2.75, 3.05) is 13.7 Å². The van der Waals surface area contributed by atoms with Crippen LogP contribution in [0.4, 0.5) is 0 Å². The predicted molar refractivity (Wildman–Crippen MR) is 113 cm³/mol. The number of carbonyl (C=O) groups excluding carboxylic acids is 2. The highest BCUT2D eigenvalue weighted by molar-refractivity contribution is 5.97. The summed E-state index contributed by atoms with van der Waals surface area (Å²) < 4.78 is 22.9. The molecule has 0 unspecified atom stereocenters. The Hall–Kier alpha value is -2.80. The Morgan fingerprint density at radius 3 is 2.55 bits per heavy atom. The van der Waals surface area contributed by atoms with Crippen molar-refractivity contribution in [2.45, 2.75) is 64.6 Å². The maximum absolute atomic E-state index is 12.5. The van der Waals surface area contributed by atoms with Gasteiger partial charge in [-0.15, -0.1) is 0 Å². The fourth-order valence-electron chi connectivity index (χ4n) is 4.32. The van der Waals surface area contributed by atoms with Crippen molar-refractivity contribution in [3.63, 3.8) is 0 Å². The first-order valence-electron chi connectivity index (χ1n) is 10.7. The number of rotatable bonds is 4. The van der Waals surface area contributed by atoms with Crippen LogP contribution in [-0.2, 0) is 20.7 Å². The lowest BCUT2D eigenvalue weighted by molar-refractivity contribution is -0.141. The van der Waals surface area contributed by atoms with E-state index in [0.29, 0.717) is 49.4 Å². The molecule has 1 atom stereocenters. The smallest absolute Gasteiger partial charge is 0.374 e. The van der Waals surface area contributed by atoms with Gasteiger partial charge >= 0.3 is 5.97 Å². The Kier molecular flexibility index (Phi) is 5.56. The van der Waals surface area contributed by atoms with Crippen LogP contribution in [0.25, 0.3) is 5.57 Å². The van der Waals surface area contributed by atoms with Crippen molar-refractivity contribution < 1.29 is 33.6 Å². The molecule has 1 aromatic carbocycles. The Bertz CT molecular complexity index is 982. The van der Waals surface area contributed by atoms with Crippen molar-refractivity contribution in [3.05, 3.63) is 34.6 Å². The largest absolute Gasteiger partial charge is 0.496 e. The minimum Gasteiger partial charge on any atom is -0.496 e. The minimum atomic E-state index is -1.04. The maximum atomic E-state index is 12.5. The molecule has 1 N–H and O–H groups in total. The zero-order valence-electron chi connectivity index (χ0n) is 18.4. The number of ether oxygens (including phenoxy) is 4. The van der Waals surface area contributed by atoms with Gasteiger partial charge in [-0.25, -0.2) is 4.79 Å². The first kappa shape index (κ1) is 21.4. The summed E-state index contributed by atoms with van der Waals surface area (Å²) in [5.74, 6) is 1.40. The third-order valence-electron chi connectivity index (χ3n) is 5.99. The van der Waals surface area contributed by atoms with Crippen LogP contribution in [0.5, 0.6) is 17.2 Å². The first-order chi connectivity index (χ1) is 14.7. The van der Waals surface area contributed by atoms with Crippen molar-refractivity contribution in [1.82, 2.24) is 0 Å². The molecule has 0 bridgehead atoms. The number of hydrogen-bond acceptors (Lipinski definition) is 7. The molecular weight excluding hydrogens is 400 g/mol. The summed E-state index contributed by atoms with van der Waals surface area (Å²) >= 11 is 0. The second-order valence-corrected chi connectivity index (χ2v) is 8.61. The average Bonchev–Trinajstić information content (AvgIpc) is 3.16. The summed E-state index contributed by atoms with van der Waals surface area (Å²) in [6.45, 7) is 5.39. The summed E-state index contributed by atoms with van der Waals surface area (Å²) in [5, 5.41) is 10.5. The fourth-order valence-corrected chi connectivity index (χ4v) is 4.32. The van der Waals surface area contributed by atoms with E-state index in [-0.39, 0.29) is 18.1 Å². The Balaban J connectivity index is 1.87. The second-order valence-electron chi connectivity index (χ2n) is 8.61. The molecule has 2 aliphatic heterocycles. The highest BCUT2D eigenvalue weighted by Crippen LogP contribution is 2.51. The predicted octanol–water partition coefficient (Wildman–Crippen LogP) is 3.51. The molecule has 3 aliphatic rings. The number of hydrogen-bond donors (Lipinski definition) is 1. The van der Waals surface area contributed by atoms with Gasteiger partial charge in [0.1, 0.15) is 29.1 Å². The SMILES string of the molecule is CCOC(=O)C1=CC(=C2CCC(=O)CC2)c2c(cc3c(c2OC)C[C@@H](C(C)(C)O)O3)O1. The van der Waals surface area contributed by atoms with Crippen LogP contribution in [0.1, 0.15) is 57.6 Å². The van der Waals surface area contributed by atoms with Gasteiger partial charge in [0.05, 0.1) is 24.9 Å². The van der Waals surface area contributed by atoms with Crippen LogP contribution in [0.2, 0.25) is 0 Å². The van der Waals surface area contributed by atoms with Gasteiger partial charge < -0.3 is 24.1 Å². The van der Waals surface area contributed by atoms with Gasteiger partial charge in [0.15, 0.2) is 0 Å². The van der Waals surface area contributed by atoms with E-state index in [4.69, 9.17) is 18.9 Å². The van der Waals surface area contributed by atoms with E-state index in [0.717, 1.165) is 22.3 Å². The second kappa shape index (κ2) is 8.04. The van der Waals surface area contributed by atoms with E-state index in [2.05, 4.69) is 0 Å². The molecule has 0 radical (unpaired) electrons. The zero-order chi connectivity index (χ0) is 22.3. The molecule has 31 heavy (non-hydrogen) atoms. The Morgan fingerprint density at radius 1 is 1.23 bits per heavy atom. The molecular formula is C24H28O7. The van der Waals surface area contributed by atoms with E-state index in [1.165, 1.54) is 0 Å². The molecule has 1 fully saturated rings. The van der Waals surface area contributed by atoms with E-state index >= 15 is 0 Å². The van der Waals surface area contributed by atoms with E-state index in [1.807, 2.05) is 0 Å². The van der Waals surface area contributed by atoms with Crippen LogP contribution in [-0.4, -0.2) is 42.3 Å². The van der Waals surface area contributed by atoms with Gasteiger partial charge in [0.25, 0.3) is 0 Å². The topological polar surface area (TPSA) is 91.3 Å². The van der Waals surface area contributed by atoms with Crippen molar-refractivity contribution >= 4 is 17.3 Å². The zero-order valence-corrected chi connectivity index (χ0v) is 18.4. The van der Waals surface area contributed by atoms with Gasteiger partial charge in [-0.2, -0.15) is 0 Å². The molecule has 0 aromatic heterocycles. The molecule has 0 spiro atoms. The average molecular weight is 428 g/mol. The number of fused-ring (bicyclic) bond motifs is 2. The summed E-state index contributed by atoms with van der Waals surface area (Å²) in [6, 6.07) is 1.75. The number of allylic oxidation sites excluding steroid dienone is 3. The number of aliphatic hydroxyl groups is 1. The molecule has 1 saturated carbocycles. The van der Waals surface area contributed by atoms with Crippen LogP contribution >= 0.6 is 0 Å². The summed E-state index contributed by atoms with van der Waals surface area (Å²) in [4.78, 5) is 24.3. The molecule has 0 amide bonds. The van der Waals surface area contributed by atoms with Crippen LogP contribution in [0.3, 0.4) is 0 Å². The molecule has 4 rings (SSSR count). The molecule has 0 saturated heterocycles. The summed E-state index contributed by atoms with van der Waals surface area (Å²) in [5.41, 5.74) is 2.49. The molecule has 166 valence electrons. The Morgan fingerprint density at radius 2 is 1.94 bits per heavy atom. The molecule has 1 aliphatic carbocycles. The number of ketones is 1. The monoisotopic (exact) mass is 428 g/mol. The quantitative estimate of drug-likeness (QED) is 0.734. The van der Waals surface area contributed by atoms with Gasteiger partial charge in [-0.1, -0.05) is 5.57 Å². The standard InChI is InChI=1S/C24H28O7/c1-5-29-23(26)19-10-15(13-6-8-14(25)9-7-13)21-18(30-19)12-17-16(22(21)28-4)11-20(31-17)24(2,3)27/h10,12,20,27H,5-9,11H2,1-4H3/t20-/m0/s1. The first-order valence-corrected chi connectivity index (χ1v) is 10.7. The normalized spacial score (nSPS) is 20.4. The molecule has 7 heteroatoms. The highest BCUT2D eigenvalue weighted by Gasteiger charge is 2.40. The minimum absolute atomic E-state index is 0.0905. The third-order valence-corrected chi connectivity index (χ3v) is 5.99. The number of esters is 1. The van der Waals surface area contributed by atoms with Crippen LogP contribution in [0.15, 0.2) is 23.5 Å². The van der Waals surface area contributed by atoms with Crippen LogP contribution in [0, 0.1) is 0 Å². The van der Waals surface area contributed by atoms with Crippen molar-refractivity contribution in [2.24, 2.45) is 0 Å². The Labute approximate surface area is 181 Å². The highest BCUT2D eigenvalue weighted by atomic mass is 16.6. The lowest BCUT2D eigenvalue weighted by Crippen LogP contribution is -2.39. The van der Waals surface area contributed by atoms with Crippen molar-refractivity contribution in [3.8, 4) is 17.2 Å².